The molecule has 1 aromatic carbocycles. The summed E-state index contributed by atoms with van der Waals surface area (Å²) in [5.74, 6) is -1.06. The van der Waals surface area contributed by atoms with Crippen LogP contribution in [0, 0.1) is 0 Å². The van der Waals surface area contributed by atoms with Crippen molar-refractivity contribution in [3.8, 4) is 0 Å². The number of nitrogens with zero attached hydrogens (tertiary/aromatic N) is 1. The average molecular weight is 297 g/mol. The first-order valence-electron chi connectivity index (χ1n) is 7.31. The number of benzene rings is 1. The molecule has 2 rings (SSSR count). The van der Waals surface area contributed by atoms with E-state index < -0.39 is 11.7 Å². The number of hydrogen-bond donors (Lipinski definition) is 0. The molecule has 0 aliphatic carbocycles. The zero-order chi connectivity index (χ0) is 15.8. The van der Waals surface area contributed by atoms with E-state index >= 15 is 0 Å². The maximum Gasteiger partial charge on any atom is 0.298 e. The van der Waals surface area contributed by atoms with E-state index in [4.69, 9.17) is 4.42 Å². The number of hydrogen-bond acceptors (Lipinski definition) is 3. The zero-order valence-corrected chi connectivity index (χ0v) is 12.6. The Labute approximate surface area is 130 Å². The Hall–Kier alpha value is -2.62. The molecular weight excluding hydrogens is 278 g/mol. The Kier molecular flexibility index (Phi) is 5.72. The van der Waals surface area contributed by atoms with Gasteiger partial charge in [-0.3, -0.25) is 9.59 Å². The van der Waals surface area contributed by atoms with Crippen molar-refractivity contribution in [1.29, 1.82) is 0 Å². The van der Waals surface area contributed by atoms with Gasteiger partial charge in [0.25, 0.3) is 11.7 Å². The molecule has 0 saturated carbocycles. The summed E-state index contributed by atoms with van der Waals surface area (Å²) in [7, 11) is 0. The highest BCUT2D eigenvalue weighted by Crippen LogP contribution is 2.06. The SMILES string of the molecule is CCCN(CC=Cc1ccccc1)C(=O)C(=O)c1ccco1. The second-order valence-electron chi connectivity index (χ2n) is 4.87. The summed E-state index contributed by atoms with van der Waals surface area (Å²) >= 11 is 0. The molecule has 22 heavy (non-hydrogen) atoms. The van der Waals surface area contributed by atoms with Crippen LogP contribution in [0.1, 0.15) is 29.5 Å². The van der Waals surface area contributed by atoms with Crippen molar-refractivity contribution in [3.05, 3.63) is 66.1 Å². The fourth-order valence-electron chi connectivity index (χ4n) is 2.08. The maximum atomic E-state index is 12.3. The molecule has 114 valence electrons. The van der Waals surface area contributed by atoms with Gasteiger partial charge in [0.2, 0.25) is 0 Å². The summed E-state index contributed by atoms with van der Waals surface area (Å²) in [4.78, 5) is 25.8. The lowest BCUT2D eigenvalue weighted by molar-refractivity contribution is -0.126. The molecule has 2 aromatic rings. The van der Waals surface area contributed by atoms with Crippen molar-refractivity contribution in [2.75, 3.05) is 13.1 Å². The van der Waals surface area contributed by atoms with E-state index in [0.29, 0.717) is 13.1 Å². The largest absolute Gasteiger partial charge is 0.461 e. The Morgan fingerprint density at radius 2 is 1.91 bits per heavy atom. The van der Waals surface area contributed by atoms with Gasteiger partial charge in [-0.05, 0) is 24.1 Å². The van der Waals surface area contributed by atoms with Crippen molar-refractivity contribution in [2.24, 2.45) is 0 Å². The summed E-state index contributed by atoms with van der Waals surface area (Å²) in [6.07, 6.45) is 6.00. The smallest absolute Gasteiger partial charge is 0.298 e. The Morgan fingerprint density at radius 3 is 2.55 bits per heavy atom. The van der Waals surface area contributed by atoms with Crippen LogP contribution in [-0.4, -0.2) is 29.7 Å². The van der Waals surface area contributed by atoms with Crippen LogP contribution in [0.5, 0.6) is 0 Å². The summed E-state index contributed by atoms with van der Waals surface area (Å²) in [6.45, 7) is 2.90. The quantitative estimate of drug-likeness (QED) is 0.581. The number of amides is 1. The maximum absolute atomic E-state index is 12.3. The van der Waals surface area contributed by atoms with Gasteiger partial charge in [0.05, 0.1) is 6.26 Å². The molecular formula is C18H19NO3. The van der Waals surface area contributed by atoms with Gasteiger partial charge >= 0.3 is 0 Å². The predicted octanol–water partition coefficient (Wildman–Crippen LogP) is 3.41. The minimum Gasteiger partial charge on any atom is -0.461 e. The molecule has 0 unspecified atom stereocenters. The van der Waals surface area contributed by atoms with Crippen LogP contribution in [0.2, 0.25) is 0 Å². The summed E-state index contributed by atoms with van der Waals surface area (Å²) in [5.41, 5.74) is 1.06. The van der Waals surface area contributed by atoms with E-state index in [-0.39, 0.29) is 5.76 Å². The van der Waals surface area contributed by atoms with Crippen molar-refractivity contribution in [3.63, 3.8) is 0 Å². The molecule has 4 nitrogen and oxygen atoms in total. The molecule has 4 heteroatoms. The second kappa shape index (κ2) is 7.98. The first kappa shape index (κ1) is 15.8. The number of furan rings is 1. The third kappa shape index (κ3) is 4.19. The fourth-order valence-corrected chi connectivity index (χ4v) is 2.08. The Morgan fingerprint density at radius 1 is 1.14 bits per heavy atom. The van der Waals surface area contributed by atoms with E-state index in [1.54, 1.807) is 6.07 Å². The van der Waals surface area contributed by atoms with Gasteiger partial charge < -0.3 is 9.32 Å². The van der Waals surface area contributed by atoms with E-state index in [9.17, 15) is 9.59 Å². The molecule has 0 fully saturated rings. The van der Waals surface area contributed by atoms with Gasteiger partial charge in [0, 0.05) is 13.1 Å². The van der Waals surface area contributed by atoms with Crippen LogP contribution in [0.15, 0.2) is 59.2 Å². The number of ketones is 1. The van der Waals surface area contributed by atoms with Gasteiger partial charge in [-0.25, -0.2) is 0 Å². The van der Waals surface area contributed by atoms with Gasteiger partial charge in [-0.2, -0.15) is 0 Å². The monoisotopic (exact) mass is 297 g/mol. The van der Waals surface area contributed by atoms with Crippen molar-refractivity contribution < 1.29 is 14.0 Å². The number of carbonyl (C=O) groups is 2. The lowest BCUT2D eigenvalue weighted by Crippen LogP contribution is -2.37. The van der Waals surface area contributed by atoms with Crippen LogP contribution in [0.25, 0.3) is 6.08 Å². The molecule has 0 aliphatic rings. The molecule has 0 atom stereocenters. The molecule has 1 amide bonds. The molecule has 0 N–H and O–H groups in total. The summed E-state index contributed by atoms with van der Waals surface area (Å²) in [5, 5.41) is 0. The number of Topliss-reactive ketones (excluding diaryl/α,β-unsaturated/α-hetero) is 1. The number of rotatable bonds is 7. The molecule has 0 bridgehead atoms. The summed E-state index contributed by atoms with van der Waals surface area (Å²) in [6, 6.07) is 12.9. The molecule has 0 radical (unpaired) electrons. The highest BCUT2D eigenvalue weighted by atomic mass is 16.3. The average Bonchev–Trinajstić information content (AvgIpc) is 3.08. The Bertz CT molecular complexity index is 630. The lowest BCUT2D eigenvalue weighted by Gasteiger charge is -2.18. The molecule has 0 saturated heterocycles. The minimum atomic E-state index is -0.605. The molecule has 0 spiro atoms. The van der Waals surface area contributed by atoms with Crippen LogP contribution >= 0.6 is 0 Å². The third-order valence-electron chi connectivity index (χ3n) is 3.16. The highest BCUT2D eigenvalue weighted by molar-refractivity contribution is 6.41. The molecule has 1 heterocycles. The standard InChI is InChI=1S/C18H19NO3/c1-2-12-19(13-6-10-15-8-4-3-5-9-15)18(21)17(20)16-11-7-14-22-16/h3-11,14H,2,12-13H2,1H3. The highest BCUT2D eigenvalue weighted by Gasteiger charge is 2.23. The van der Waals surface area contributed by atoms with Crippen molar-refractivity contribution in [1.82, 2.24) is 4.90 Å². The summed E-state index contributed by atoms with van der Waals surface area (Å²) < 4.78 is 5.00. The number of carbonyl (C=O) groups excluding carboxylic acids is 2. The van der Waals surface area contributed by atoms with Crippen LogP contribution in [-0.2, 0) is 4.79 Å². The van der Waals surface area contributed by atoms with Gasteiger partial charge in [-0.1, -0.05) is 49.4 Å². The molecule has 1 aromatic heterocycles. The van der Waals surface area contributed by atoms with E-state index in [0.717, 1.165) is 12.0 Å². The lowest BCUT2D eigenvalue weighted by atomic mass is 10.2. The molecule has 0 aliphatic heterocycles. The predicted molar refractivity (Wildman–Crippen MR) is 85.4 cm³/mol. The van der Waals surface area contributed by atoms with E-state index in [2.05, 4.69) is 0 Å². The van der Waals surface area contributed by atoms with E-state index in [1.165, 1.54) is 17.2 Å². The van der Waals surface area contributed by atoms with Crippen molar-refractivity contribution >= 4 is 17.8 Å². The van der Waals surface area contributed by atoms with E-state index in [1.807, 2.05) is 49.4 Å². The fraction of sp³-hybridized carbons (Fsp3) is 0.222. The van der Waals surface area contributed by atoms with Crippen LogP contribution in [0.4, 0.5) is 0 Å². The normalized spacial score (nSPS) is 10.8. The first-order chi connectivity index (χ1) is 10.7. The Balaban J connectivity index is 2.01. The van der Waals surface area contributed by atoms with Gasteiger partial charge in [-0.15, -0.1) is 0 Å². The van der Waals surface area contributed by atoms with Gasteiger partial charge in [0.1, 0.15) is 0 Å². The topological polar surface area (TPSA) is 50.5 Å². The first-order valence-corrected chi connectivity index (χ1v) is 7.31. The van der Waals surface area contributed by atoms with Crippen LogP contribution in [0.3, 0.4) is 0 Å². The van der Waals surface area contributed by atoms with Gasteiger partial charge in [0.15, 0.2) is 5.76 Å². The minimum absolute atomic E-state index is 0.0816. The second-order valence-corrected chi connectivity index (χ2v) is 4.87. The van der Waals surface area contributed by atoms with Crippen molar-refractivity contribution in [2.45, 2.75) is 13.3 Å². The zero-order valence-electron chi connectivity index (χ0n) is 12.6. The van der Waals surface area contributed by atoms with Crippen LogP contribution < -0.4 is 0 Å². The third-order valence-corrected chi connectivity index (χ3v) is 3.16.